The second-order valence-electron chi connectivity index (χ2n) is 10.3. The largest absolute Gasteiger partial charge is 0.342 e. The number of aromatic nitrogens is 1. The molecule has 1 aromatic heterocycles. The van der Waals surface area contributed by atoms with E-state index in [0.29, 0.717) is 24.6 Å². The van der Waals surface area contributed by atoms with Gasteiger partial charge in [-0.15, -0.1) is 0 Å². The van der Waals surface area contributed by atoms with Gasteiger partial charge in [-0.05, 0) is 38.8 Å². The highest BCUT2D eigenvalue weighted by Crippen LogP contribution is 2.43. The minimum atomic E-state index is -2.85. The molecule has 0 bridgehead atoms. The molecular weight excluding hydrogens is 429 g/mol. The number of hydrogen-bond acceptors (Lipinski definition) is 4. The number of nitrogens with zero attached hydrogens (tertiary/aromatic N) is 4. The van der Waals surface area contributed by atoms with Crippen LogP contribution in [-0.2, 0) is 10.5 Å². The van der Waals surface area contributed by atoms with E-state index < -0.39 is 17.5 Å². The number of piperidine rings is 1. The molecule has 3 heterocycles. The van der Waals surface area contributed by atoms with Gasteiger partial charge in [-0.3, -0.25) is 19.6 Å². The summed E-state index contributed by atoms with van der Waals surface area (Å²) in [5, 5.41) is 0. The van der Waals surface area contributed by atoms with Crippen molar-refractivity contribution in [2.24, 2.45) is 5.92 Å². The summed E-state index contributed by atoms with van der Waals surface area (Å²) >= 11 is 0. The molecule has 0 aromatic carbocycles. The summed E-state index contributed by atoms with van der Waals surface area (Å²) in [6.07, 6.45) is 2.76. The van der Waals surface area contributed by atoms with Gasteiger partial charge in [-0.25, -0.2) is 13.2 Å². The van der Waals surface area contributed by atoms with E-state index in [0.717, 1.165) is 26.2 Å². The van der Waals surface area contributed by atoms with Crippen LogP contribution in [0.25, 0.3) is 0 Å². The van der Waals surface area contributed by atoms with Gasteiger partial charge >= 0.3 is 0 Å². The number of carbonyl (C=O) groups is 1. The Morgan fingerprint density at radius 3 is 2.36 bits per heavy atom. The van der Waals surface area contributed by atoms with E-state index in [1.807, 2.05) is 0 Å². The first-order chi connectivity index (χ1) is 15.7. The van der Waals surface area contributed by atoms with E-state index in [4.69, 9.17) is 0 Å². The van der Waals surface area contributed by atoms with E-state index in [1.165, 1.54) is 0 Å². The molecular formula is C25H37F3N4O. The standard InChI is InChI=1S/C25H37F3N4O/c1-19(2)30-14-16-31(17-15-30)21-6-5-8-25(27,28)20(21)18-23(33)32-12-9-24(26,10-13-32)22-7-3-4-11-29-22/h3-4,7,11,19-21H,5-6,8-10,12-18H2,1-2H3/t20?,21-/m0/s1. The molecule has 1 aromatic rings. The van der Waals surface area contributed by atoms with Crippen LogP contribution in [0.5, 0.6) is 0 Å². The Bertz CT molecular complexity index is 790. The van der Waals surface area contributed by atoms with Crippen LogP contribution >= 0.6 is 0 Å². The quantitative estimate of drug-likeness (QED) is 0.656. The Labute approximate surface area is 195 Å². The summed E-state index contributed by atoms with van der Waals surface area (Å²) in [6.45, 7) is 8.07. The normalized spacial score (nSPS) is 28.7. The van der Waals surface area contributed by atoms with Gasteiger partial charge in [-0.1, -0.05) is 6.07 Å². The molecule has 0 spiro atoms. The second kappa shape index (κ2) is 9.90. The van der Waals surface area contributed by atoms with Crippen molar-refractivity contribution in [1.82, 2.24) is 19.7 Å². The van der Waals surface area contributed by atoms with Crippen molar-refractivity contribution in [2.45, 2.75) is 76.0 Å². The summed E-state index contributed by atoms with van der Waals surface area (Å²) in [5.41, 5.74) is -1.18. The Morgan fingerprint density at radius 1 is 1.06 bits per heavy atom. The van der Waals surface area contributed by atoms with Crippen molar-refractivity contribution < 1.29 is 18.0 Å². The lowest BCUT2D eigenvalue weighted by Gasteiger charge is -2.47. The lowest BCUT2D eigenvalue weighted by atomic mass is 9.77. The minimum Gasteiger partial charge on any atom is -0.342 e. The van der Waals surface area contributed by atoms with Crippen LogP contribution < -0.4 is 0 Å². The molecule has 1 saturated carbocycles. The van der Waals surface area contributed by atoms with Gasteiger partial charge in [0.25, 0.3) is 5.92 Å². The van der Waals surface area contributed by atoms with Crippen LogP contribution in [-0.4, -0.2) is 82.9 Å². The topological polar surface area (TPSA) is 39.7 Å². The number of likely N-dealkylation sites (tertiary alicyclic amines) is 1. The summed E-state index contributed by atoms with van der Waals surface area (Å²) in [7, 11) is 0. The highest BCUT2D eigenvalue weighted by Gasteiger charge is 2.50. The first kappa shape index (κ1) is 24.5. The highest BCUT2D eigenvalue weighted by molar-refractivity contribution is 5.76. The maximum atomic E-state index is 15.4. The number of carbonyl (C=O) groups excluding carboxylic acids is 1. The fourth-order valence-corrected chi connectivity index (χ4v) is 5.83. The van der Waals surface area contributed by atoms with Gasteiger partial charge in [-0.2, -0.15) is 0 Å². The Hall–Kier alpha value is -1.67. The molecule has 3 aliphatic rings. The number of pyridine rings is 1. The molecule has 0 N–H and O–H groups in total. The number of rotatable bonds is 5. The van der Waals surface area contributed by atoms with E-state index in [9.17, 15) is 4.79 Å². The molecule has 2 saturated heterocycles. The molecule has 33 heavy (non-hydrogen) atoms. The number of alkyl halides is 3. The number of piperazine rings is 1. The second-order valence-corrected chi connectivity index (χ2v) is 10.3. The SMILES string of the molecule is CC(C)N1CCN([C@H]2CCCC(F)(F)C2CC(=O)N2CCC(F)(c3ccccn3)CC2)CC1. The third-order valence-corrected chi connectivity index (χ3v) is 7.99. The zero-order valence-corrected chi connectivity index (χ0v) is 19.9. The smallest absolute Gasteiger partial charge is 0.252 e. The number of amides is 1. The number of halogens is 3. The van der Waals surface area contributed by atoms with Gasteiger partial charge in [0, 0.05) is 89.2 Å². The molecule has 5 nitrogen and oxygen atoms in total. The third-order valence-electron chi connectivity index (χ3n) is 7.99. The van der Waals surface area contributed by atoms with E-state index >= 15 is 13.2 Å². The summed E-state index contributed by atoms with van der Waals surface area (Å²) in [5.74, 6) is -4.09. The summed E-state index contributed by atoms with van der Waals surface area (Å²) < 4.78 is 45.5. The first-order valence-corrected chi connectivity index (χ1v) is 12.4. The maximum absolute atomic E-state index is 15.4. The van der Waals surface area contributed by atoms with Crippen LogP contribution in [0.2, 0.25) is 0 Å². The zero-order valence-electron chi connectivity index (χ0n) is 19.9. The van der Waals surface area contributed by atoms with Crippen LogP contribution in [0.3, 0.4) is 0 Å². The molecule has 1 unspecified atom stereocenters. The Kier molecular flexibility index (Phi) is 7.34. The first-order valence-electron chi connectivity index (χ1n) is 12.4. The van der Waals surface area contributed by atoms with E-state index in [1.54, 1.807) is 29.3 Å². The van der Waals surface area contributed by atoms with Gasteiger partial charge in [0.2, 0.25) is 5.91 Å². The van der Waals surface area contributed by atoms with Gasteiger partial charge in [0.15, 0.2) is 5.67 Å². The average Bonchev–Trinajstić information content (AvgIpc) is 2.81. The molecule has 0 radical (unpaired) electrons. The summed E-state index contributed by atoms with van der Waals surface area (Å²) in [4.78, 5) is 23.4. The van der Waals surface area contributed by atoms with Gasteiger partial charge < -0.3 is 4.90 Å². The molecule has 4 rings (SSSR count). The predicted octanol–water partition coefficient (Wildman–Crippen LogP) is 4.09. The van der Waals surface area contributed by atoms with E-state index in [-0.39, 0.29) is 50.7 Å². The molecule has 2 aliphatic heterocycles. The van der Waals surface area contributed by atoms with Crippen LogP contribution in [0, 0.1) is 5.92 Å². The van der Waals surface area contributed by atoms with Crippen molar-refractivity contribution in [3.63, 3.8) is 0 Å². The van der Waals surface area contributed by atoms with Crippen molar-refractivity contribution in [3.8, 4) is 0 Å². The third kappa shape index (κ3) is 5.37. The lowest BCUT2D eigenvalue weighted by Crippen LogP contribution is -2.58. The fraction of sp³-hybridized carbons (Fsp3) is 0.760. The van der Waals surface area contributed by atoms with Crippen molar-refractivity contribution in [2.75, 3.05) is 39.3 Å². The van der Waals surface area contributed by atoms with Crippen LogP contribution in [0.1, 0.15) is 58.1 Å². The van der Waals surface area contributed by atoms with Gasteiger partial charge in [0.1, 0.15) is 0 Å². The molecule has 1 amide bonds. The molecule has 8 heteroatoms. The van der Waals surface area contributed by atoms with Crippen molar-refractivity contribution >= 4 is 5.91 Å². The lowest BCUT2D eigenvalue weighted by molar-refractivity contribution is -0.152. The zero-order chi connectivity index (χ0) is 23.6. The Morgan fingerprint density at radius 2 is 1.76 bits per heavy atom. The molecule has 3 fully saturated rings. The predicted molar refractivity (Wildman–Crippen MR) is 122 cm³/mol. The number of hydrogen-bond donors (Lipinski definition) is 0. The van der Waals surface area contributed by atoms with Crippen LogP contribution in [0.4, 0.5) is 13.2 Å². The van der Waals surface area contributed by atoms with Crippen molar-refractivity contribution in [1.29, 1.82) is 0 Å². The highest BCUT2D eigenvalue weighted by atomic mass is 19.3. The monoisotopic (exact) mass is 466 g/mol. The molecule has 2 atom stereocenters. The molecule has 1 aliphatic carbocycles. The van der Waals surface area contributed by atoms with Crippen LogP contribution in [0.15, 0.2) is 24.4 Å². The van der Waals surface area contributed by atoms with Gasteiger partial charge in [0.05, 0.1) is 5.69 Å². The fourth-order valence-electron chi connectivity index (χ4n) is 5.83. The van der Waals surface area contributed by atoms with E-state index in [2.05, 4.69) is 28.6 Å². The van der Waals surface area contributed by atoms with Crippen molar-refractivity contribution in [3.05, 3.63) is 30.1 Å². The average molecular weight is 467 g/mol. The minimum absolute atomic E-state index is 0.150. The summed E-state index contributed by atoms with van der Waals surface area (Å²) in [6, 6.07) is 5.35. The maximum Gasteiger partial charge on any atom is 0.252 e. The Balaban J connectivity index is 1.39. The molecule has 184 valence electrons.